The molecule has 3 atom stereocenters. The van der Waals surface area contributed by atoms with Gasteiger partial charge in [0.25, 0.3) is 11.8 Å². The van der Waals surface area contributed by atoms with Gasteiger partial charge in [0, 0.05) is 69.6 Å². The Morgan fingerprint density at radius 1 is 0.452 bits per heavy atom. The van der Waals surface area contributed by atoms with Crippen LogP contribution in [0.4, 0.5) is 0 Å². The van der Waals surface area contributed by atoms with Gasteiger partial charge in [0.15, 0.2) is 11.6 Å². The number of carboxylic acids is 2. The third-order valence-electron chi connectivity index (χ3n) is 15.4. The van der Waals surface area contributed by atoms with E-state index in [1.165, 1.54) is 74.0 Å². The molecule has 0 saturated carbocycles. The lowest BCUT2D eigenvalue weighted by Crippen LogP contribution is -2.52. The van der Waals surface area contributed by atoms with Crippen LogP contribution in [0.3, 0.4) is 0 Å². The number of rotatable bonds is 32. The molecule has 19 heteroatoms. The zero-order valence-corrected chi connectivity index (χ0v) is 56.5. The van der Waals surface area contributed by atoms with Crippen LogP contribution in [0.25, 0.3) is 45.0 Å². The van der Waals surface area contributed by atoms with Crippen molar-refractivity contribution < 1.29 is 43.7 Å². The molecular weight excluding hydrogens is 1210 g/mol. The molecule has 93 heavy (non-hydrogen) atoms. The van der Waals surface area contributed by atoms with E-state index in [9.17, 15) is 34.2 Å². The zero-order valence-electron chi connectivity index (χ0n) is 54.8. The molecule has 0 aliphatic heterocycles. The molecule has 0 radical (unpaired) electrons. The number of unbranched alkanes of at least 4 members (excludes halogenated alkanes) is 8. The molecular formula is C74H90N8O9S2. The Hall–Kier alpha value is -8.65. The number of nitrogens with two attached hydrogens (primary N) is 1. The standard InChI is InChI=1S/C39H49N5O5S.C35H41N3O4S/c1-5-6-7-8-9-22-49-30-16-14-27(15-17-30)29-24-41-35(42-25-29)28-12-10-26(11-13-28)23-32(36(45)43-31(20-21-40)38(47)48)44-37(46)33-18-19-34(50-33)39(2,3)4;1-5-6-7-8-9-20-42-28-16-14-25(15-17-28)27-22-36-32(37-23-27)26-12-10-24(11-13-26)21-29(34(40)41)38-33(39)30-18-19-31(43-30)35(2,3)4/h10-19,24-25,31-32H,5-9,20-23,40H2,1-4H3,(H,43,45)(H,44,46)(H,47,48);10-19,22-23,29H,5-9,20-21H2,1-4H3,(H,38,39)(H,40,41)/t31-,32-;29-/m00/s1. The molecule has 3 amide bonds. The number of thiophene rings is 2. The lowest BCUT2D eigenvalue weighted by molar-refractivity contribution is -0.142. The summed E-state index contributed by atoms with van der Waals surface area (Å²) in [7, 11) is 0. The van der Waals surface area contributed by atoms with E-state index >= 15 is 0 Å². The molecule has 4 heterocycles. The molecule has 4 aromatic carbocycles. The van der Waals surface area contributed by atoms with E-state index in [1.807, 2.05) is 109 Å². The molecule has 0 fully saturated rings. The summed E-state index contributed by atoms with van der Waals surface area (Å²) in [4.78, 5) is 84.4. The monoisotopic (exact) mass is 1300 g/mol. The highest BCUT2D eigenvalue weighted by atomic mass is 32.1. The molecule has 8 aromatic rings. The lowest BCUT2D eigenvalue weighted by Gasteiger charge is -2.21. The van der Waals surface area contributed by atoms with Gasteiger partial charge in [0.1, 0.15) is 29.6 Å². The van der Waals surface area contributed by atoms with E-state index < -0.39 is 41.9 Å². The molecule has 0 bridgehead atoms. The number of carboxylic acid groups (broad SMARTS) is 2. The largest absolute Gasteiger partial charge is 0.494 e. The zero-order chi connectivity index (χ0) is 66.9. The van der Waals surface area contributed by atoms with E-state index in [2.05, 4.69) is 91.3 Å². The number of carbonyl (C=O) groups is 5. The van der Waals surface area contributed by atoms with Crippen LogP contribution in [0.1, 0.15) is 166 Å². The number of carbonyl (C=O) groups excluding carboxylic acids is 3. The van der Waals surface area contributed by atoms with Crippen LogP contribution in [0, 0.1) is 0 Å². The number of aliphatic carboxylic acids is 2. The van der Waals surface area contributed by atoms with Crippen molar-refractivity contribution >= 4 is 52.3 Å². The smallest absolute Gasteiger partial charge is 0.326 e. The first-order valence-electron chi connectivity index (χ1n) is 32.2. The van der Waals surface area contributed by atoms with Gasteiger partial charge in [-0.2, -0.15) is 0 Å². The minimum Gasteiger partial charge on any atom is -0.494 e. The first-order valence-corrected chi connectivity index (χ1v) is 33.8. The Morgan fingerprint density at radius 3 is 1.17 bits per heavy atom. The SMILES string of the molecule is CCCCCCCOc1ccc(-c2cnc(-c3ccc(C[C@H](NC(=O)c4ccc(C(C)(C)C)s4)C(=O)N[C@@H](CCN)C(=O)O)cc3)nc2)cc1.CCCCCCCOc1ccc(-c2cnc(-c3ccc(C[C@H](NC(=O)c4ccc(C(C)(C)C)s4)C(=O)O)cc3)nc2)cc1. The van der Waals surface area contributed by atoms with Crippen molar-refractivity contribution in [3.8, 4) is 56.5 Å². The quantitative estimate of drug-likeness (QED) is 0.0214. The topological polar surface area (TPSA) is 258 Å². The minimum atomic E-state index is -1.19. The maximum atomic E-state index is 13.4. The van der Waals surface area contributed by atoms with Gasteiger partial charge in [-0.3, -0.25) is 14.4 Å². The van der Waals surface area contributed by atoms with Gasteiger partial charge < -0.3 is 41.4 Å². The van der Waals surface area contributed by atoms with Crippen LogP contribution in [0.15, 0.2) is 146 Å². The highest BCUT2D eigenvalue weighted by molar-refractivity contribution is 7.14. The maximum absolute atomic E-state index is 13.4. The Kier molecular flexibility index (Phi) is 27.3. The molecule has 0 unspecified atom stereocenters. The Labute approximate surface area is 555 Å². The number of hydrogen-bond donors (Lipinski definition) is 6. The van der Waals surface area contributed by atoms with Gasteiger partial charge in [0.2, 0.25) is 5.91 Å². The molecule has 0 spiro atoms. The fourth-order valence-corrected chi connectivity index (χ4v) is 11.8. The summed E-state index contributed by atoms with van der Waals surface area (Å²) in [5.41, 5.74) is 12.3. The molecule has 8 rings (SSSR count). The number of ether oxygens (including phenoxy) is 2. The van der Waals surface area contributed by atoms with Gasteiger partial charge in [-0.1, -0.05) is 180 Å². The van der Waals surface area contributed by atoms with Gasteiger partial charge in [0.05, 0.1) is 23.0 Å². The molecule has 492 valence electrons. The minimum absolute atomic E-state index is 0.0636. The predicted molar refractivity (Wildman–Crippen MR) is 371 cm³/mol. The summed E-state index contributed by atoms with van der Waals surface area (Å²) in [5.74, 6) is -0.811. The Morgan fingerprint density at radius 2 is 0.817 bits per heavy atom. The number of aromatic nitrogens is 4. The summed E-state index contributed by atoms with van der Waals surface area (Å²) in [6.07, 6.45) is 19.6. The molecule has 4 aromatic heterocycles. The molecule has 0 aliphatic carbocycles. The first-order chi connectivity index (χ1) is 44.6. The third-order valence-corrected chi connectivity index (χ3v) is 18.5. The van der Waals surface area contributed by atoms with Crippen LogP contribution < -0.4 is 31.2 Å². The number of hydrogen-bond acceptors (Lipinski definition) is 14. The number of amides is 3. The van der Waals surface area contributed by atoms with Crippen molar-refractivity contribution in [1.29, 1.82) is 0 Å². The predicted octanol–water partition coefficient (Wildman–Crippen LogP) is 14.7. The number of nitrogens with one attached hydrogen (secondary N) is 3. The average molecular weight is 1300 g/mol. The number of benzene rings is 4. The van der Waals surface area contributed by atoms with Gasteiger partial charge in [-0.15, -0.1) is 22.7 Å². The second kappa shape index (κ2) is 35.4. The fourth-order valence-electron chi connectivity index (χ4n) is 9.87. The Balaban J connectivity index is 0.000000266. The van der Waals surface area contributed by atoms with E-state index in [-0.39, 0.29) is 42.5 Å². The van der Waals surface area contributed by atoms with Crippen LogP contribution in [-0.2, 0) is 38.1 Å². The molecule has 0 aliphatic rings. The maximum Gasteiger partial charge on any atom is 0.326 e. The number of nitrogens with zero attached hydrogens (tertiary/aromatic N) is 4. The third kappa shape index (κ3) is 22.6. The summed E-state index contributed by atoms with van der Waals surface area (Å²) >= 11 is 2.75. The van der Waals surface area contributed by atoms with Crippen molar-refractivity contribution in [3.05, 3.63) is 177 Å². The van der Waals surface area contributed by atoms with Crippen LogP contribution in [0.2, 0.25) is 0 Å². The lowest BCUT2D eigenvalue weighted by atomic mass is 9.95. The summed E-state index contributed by atoms with van der Waals surface area (Å²) in [5, 5.41) is 27.4. The second-order valence-corrected chi connectivity index (χ2v) is 27.3. The van der Waals surface area contributed by atoms with Gasteiger partial charge in [-0.05, 0) is 107 Å². The van der Waals surface area contributed by atoms with E-state index in [0.717, 1.165) is 91.8 Å². The van der Waals surface area contributed by atoms with Crippen LogP contribution in [0.5, 0.6) is 11.5 Å². The van der Waals surface area contributed by atoms with Crippen molar-refractivity contribution in [3.63, 3.8) is 0 Å². The highest BCUT2D eigenvalue weighted by Crippen LogP contribution is 2.32. The second-order valence-electron chi connectivity index (χ2n) is 25.2. The fraction of sp³-hybridized carbons (Fsp3) is 0.392. The summed E-state index contributed by atoms with van der Waals surface area (Å²) < 4.78 is 11.8. The molecule has 7 N–H and O–H groups in total. The van der Waals surface area contributed by atoms with E-state index in [1.54, 1.807) is 36.9 Å². The first kappa shape index (κ1) is 71.8. The van der Waals surface area contributed by atoms with Crippen molar-refractivity contribution in [2.24, 2.45) is 5.73 Å². The van der Waals surface area contributed by atoms with Gasteiger partial charge in [-0.25, -0.2) is 29.5 Å². The molecule has 17 nitrogen and oxygen atoms in total. The molecule has 0 saturated heterocycles. The van der Waals surface area contributed by atoms with Crippen LogP contribution in [-0.4, -0.2) is 97.7 Å². The van der Waals surface area contributed by atoms with E-state index in [4.69, 9.17) is 15.2 Å². The highest BCUT2D eigenvalue weighted by Gasteiger charge is 2.29. The summed E-state index contributed by atoms with van der Waals surface area (Å²) in [6, 6.07) is 34.8. The van der Waals surface area contributed by atoms with Crippen molar-refractivity contribution in [2.75, 3.05) is 19.8 Å². The van der Waals surface area contributed by atoms with E-state index in [0.29, 0.717) is 21.4 Å². The average Bonchev–Trinajstić information content (AvgIpc) is 1.66. The summed E-state index contributed by atoms with van der Waals surface area (Å²) in [6.45, 7) is 18.4. The van der Waals surface area contributed by atoms with Crippen molar-refractivity contribution in [2.45, 2.75) is 168 Å². The van der Waals surface area contributed by atoms with Crippen LogP contribution >= 0.6 is 22.7 Å². The normalized spacial score (nSPS) is 12.4. The van der Waals surface area contributed by atoms with Crippen molar-refractivity contribution in [1.82, 2.24) is 35.9 Å². The Bertz CT molecular complexity index is 3640. The van der Waals surface area contributed by atoms with Gasteiger partial charge >= 0.3 is 11.9 Å².